The monoisotopic (exact) mass is 306 g/mol. The Bertz CT molecular complexity index is 635. The molecule has 7 heteroatoms. The zero-order valence-corrected chi connectivity index (χ0v) is 12.9. The molecule has 1 heterocycles. The van der Waals surface area contributed by atoms with Crippen molar-refractivity contribution in [1.82, 2.24) is 9.97 Å². The highest BCUT2D eigenvalue weighted by atomic mass is 32.2. The highest BCUT2D eigenvalue weighted by molar-refractivity contribution is 7.99. The molecule has 2 rings (SSSR count). The van der Waals surface area contributed by atoms with Crippen molar-refractivity contribution >= 4 is 34.2 Å². The summed E-state index contributed by atoms with van der Waals surface area (Å²) in [5, 5.41) is 14.9. The second-order valence-electron chi connectivity index (χ2n) is 4.71. The Kier molecular flexibility index (Phi) is 5.32. The Morgan fingerprint density at radius 3 is 2.95 bits per heavy atom. The normalized spacial score (nSPS) is 12.3. The van der Waals surface area contributed by atoms with E-state index in [1.165, 1.54) is 18.5 Å². The molecule has 0 aliphatic carbocycles. The average Bonchev–Trinajstić information content (AvgIpc) is 2.47. The summed E-state index contributed by atoms with van der Waals surface area (Å²) in [6.45, 7) is 4.22. The van der Waals surface area contributed by atoms with Gasteiger partial charge >= 0.3 is 0 Å². The summed E-state index contributed by atoms with van der Waals surface area (Å²) in [4.78, 5) is 18.9. The summed E-state index contributed by atoms with van der Waals surface area (Å²) in [6.07, 6.45) is 2.49. The molecule has 1 aromatic carbocycles. The van der Waals surface area contributed by atoms with Crippen LogP contribution in [0, 0.1) is 10.1 Å². The molecule has 6 nitrogen and oxygen atoms in total. The smallest absolute Gasteiger partial charge is 0.270 e. The Morgan fingerprint density at radius 2 is 2.24 bits per heavy atom. The van der Waals surface area contributed by atoms with Gasteiger partial charge in [-0.2, -0.15) is 11.8 Å². The standard InChI is InChI=1S/C14H18N4O2S/c1-3-21-7-6-10(2)17-14-12-8-11(18(19)20)4-5-13(12)15-9-16-14/h4-5,8-10H,3,6-7H2,1-2H3,(H,15,16,17). The molecule has 0 spiro atoms. The topological polar surface area (TPSA) is 81.0 Å². The van der Waals surface area contributed by atoms with Crippen molar-refractivity contribution in [2.75, 3.05) is 16.8 Å². The van der Waals surface area contributed by atoms with Gasteiger partial charge in [0.25, 0.3) is 5.69 Å². The third kappa shape index (κ3) is 4.04. The molecular weight excluding hydrogens is 288 g/mol. The van der Waals surface area contributed by atoms with E-state index in [9.17, 15) is 10.1 Å². The molecule has 1 unspecified atom stereocenters. The lowest BCUT2D eigenvalue weighted by Gasteiger charge is -2.15. The van der Waals surface area contributed by atoms with Gasteiger partial charge in [0.05, 0.1) is 10.4 Å². The van der Waals surface area contributed by atoms with E-state index in [0.717, 1.165) is 17.9 Å². The Morgan fingerprint density at radius 1 is 1.43 bits per heavy atom. The van der Waals surface area contributed by atoms with Crippen molar-refractivity contribution in [2.45, 2.75) is 26.3 Å². The zero-order chi connectivity index (χ0) is 15.2. The van der Waals surface area contributed by atoms with E-state index < -0.39 is 4.92 Å². The number of benzene rings is 1. The molecule has 0 aliphatic rings. The van der Waals surface area contributed by atoms with Crippen LogP contribution in [0.25, 0.3) is 10.9 Å². The van der Waals surface area contributed by atoms with Crippen molar-refractivity contribution in [1.29, 1.82) is 0 Å². The second kappa shape index (κ2) is 7.21. The summed E-state index contributed by atoms with van der Waals surface area (Å²) in [5.41, 5.74) is 0.753. The summed E-state index contributed by atoms with van der Waals surface area (Å²) in [6, 6.07) is 4.88. The van der Waals surface area contributed by atoms with Gasteiger partial charge in [0.15, 0.2) is 0 Å². The van der Waals surface area contributed by atoms with Crippen LogP contribution in [0.2, 0.25) is 0 Å². The lowest BCUT2D eigenvalue weighted by Crippen LogP contribution is -2.17. The van der Waals surface area contributed by atoms with Gasteiger partial charge in [-0.1, -0.05) is 6.92 Å². The maximum Gasteiger partial charge on any atom is 0.270 e. The van der Waals surface area contributed by atoms with Gasteiger partial charge in [0, 0.05) is 23.6 Å². The SMILES string of the molecule is CCSCCC(C)Nc1ncnc2ccc([N+](=O)[O-])cc12. The summed E-state index contributed by atoms with van der Waals surface area (Å²) >= 11 is 1.89. The number of nitrogens with zero attached hydrogens (tertiary/aromatic N) is 3. The number of nitro benzene ring substituents is 1. The molecular formula is C14H18N4O2S. The highest BCUT2D eigenvalue weighted by Gasteiger charge is 2.12. The number of nitro groups is 1. The molecule has 0 bridgehead atoms. The number of rotatable bonds is 7. The number of hydrogen-bond acceptors (Lipinski definition) is 6. The minimum Gasteiger partial charge on any atom is -0.367 e. The molecule has 0 radical (unpaired) electrons. The van der Waals surface area contributed by atoms with Crippen LogP contribution < -0.4 is 5.32 Å². The number of anilines is 1. The summed E-state index contributed by atoms with van der Waals surface area (Å²) in [5.74, 6) is 2.83. The number of hydrogen-bond donors (Lipinski definition) is 1. The van der Waals surface area contributed by atoms with E-state index in [2.05, 4.69) is 29.1 Å². The van der Waals surface area contributed by atoms with E-state index in [-0.39, 0.29) is 11.7 Å². The van der Waals surface area contributed by atoms with Gasteiger partial charge < -0.3 is 5.32 Å². The first-order valence-corrected chi connectivity index (χ1v) is 8.00. The van der Waals surface area contributed by atoms with Crippen LogP contribution in [0.5, 0.6) is 0 Å². The van der Waals surface area contributed by atoms with E-state index in [4.69, 9.17) is 0 Å². The number of nitrogens with one attached hydrogen (secondary N) is 1. The lowest BCUT2D eigenvalue weighted by atomic mass is 10.2. The predicted octanol–water partition coefficient (Wildman–Crippen LogP) is 3.48. The minimum atomic E-state index is -0.405. The fraction of sp³-hybridized carbons (Fsp3) is 0.429. The van der Waals surface area contributed by atoms with Crippen LogP contribution in [0.3, 0.4) is 0 Å². The van der Waals surface area contributed by atoms with E-state index in [1.54, 1.807) is 6.07 Å². The molecule has 2 aromatic rings. The Balaban J connectivity index is 2.22. The van der Waals surface area contributed by atoms with Gasteiger partial charge in [-0.3, -0.25) is 10.1 Å². The molecule has 21 heavy (non-hydrogen) atoms. The van der Waals surface area contributed by atoms with Gasteiger partial charge in [-0.15, -0.1) is 0 Å². The molecule has 0 saturated heterocycles. The largest absolute Gasteiger partial charge is 0.367 e. The average molecular weight is 306 g/mol. The predicted molar refractivity (Wildman–Crippen MR) is 86.9 cm³/mol. The molecule has 1 N–H and O–H groups in total. The Labute approximate surface area is 127 Å². The second-order valence-corrected chi connectivity index (χ2v) is 6.11. The zero-order valence-electron chi connectivity index (χ0n) is 12.1. The fourth-order valence-electron chi connectivity index (χ4n) is 1.98. The van der Waals surface area contributed by atoms with Gasteiger partial charge in [-0.25, -0.2) is 9.97 Å². The summed E-state index contributed by atoms with van der Waals surface area (Å²) < 4.78 is 0. The third-order valence-electron chi connectivity index (χ3n) is 3.11. The number of non-ortho nitro benzene ring substituents is 1. The molecule has 0 aliphatic heterocycles. The van der Waals surface area contributed by atoms with Crippen LogP contribution in [-0.4, -0.2) is 32.4 Å². The summed E-state index contributed by atoms with van der Waals surface area (Å²) in [7, 11) is 0. The van der Waals surface area contributed by atoms with Crippen molar-refractivity contribution in [3.05, 3.63) is 34.6 Å². The third-order valence-corrected chi connectivity index (χ3v) is 4.04. The molecule has 0 saturated carbocycles. The maximum absolute atomic E-state index is 10.9. The Hall–Kier alpha value is -1.89. The first-order chi connectivity index (χ1) is 10.1. The van der Waals surface area contributed by atoms with Crippen LogP contribution in [-0.2, 0) is 0 Å². The van der Waals surface area contributed by atoms with Crippen LogP contribution >= 0.6 is 11.8 Å². The number of fused-ring (bicyclic) bond motifs is 1. The van der Waals surface area contributed by atoms with Crippen LogP contribution in [0.1, 0.15) is 20.3 Å². The number of thioether (sulfide) groups is 1. The van der Waals surface area contributed by atoms with E-state index in [1.807, 2.05) is 11.8 Å². The molecule has 0 fully saturated rings. The van der Waals surface area contributed by atoms with Crippen molar-refractivity contribution in [3.8, 4) is 0 Å². The van der Waals surface area contributed by atoms with Gasteiger partial charge in [0.2, 0.25) is 0 Å². The van der Waals surface area contributed by atoms with Crippen LogP contribution in [0.15, 0.2) is 24.5 Å². The minimum absolute atomic E-state index is 0.0505. The van der Waals surface area contributed by atoms with Crippen molar-refractivity contribution in [3.63, 3.8) is 0 Å². The molecule has 1 atom stereocenters. The van der Waals surface area contributed by atoms with Crippen molar-refractivity contribution in [2.24, 2.45) is 0 Å². The quantitative estimate of drug-likeness (QED) is 0.479. The first kappa shape index (κ1) is 15.5. The maximum atomic E-state index is 10.9. The molecule has 1 aromatic heterocycles. The van der Waals surface area contributed by atoms with Gasteiger partial charge in [-0.05, 0) is 30.9 Å². The number of aromatic nitrogens is 2. The van der Waals surface area contributed by atoms with Crippen LogP contribution in [0.4, 0.5) is 11.5 Å². The molecule has 112 valence electrons. The van der Waals surface area contributed by atoms with Crippen molar-refractivity contribution < 1.29 is 4.92 Å². The van der Waals surface area contributed by atoms with Gasteiger partial charge in [0.1, 0.15) is 12.1 Å². The highest BCUT2D eigenvalue weighted by Crippen LogP contribution is 2.25. The molecule has 0 amide bonds. The fourth-order valence-corrected chi connectivity index (χ4v) is 2.79. The first-order valence-electron chi connectivity index (χ1n) is 6.85. The van der Waals surface area contributed by atoms with E-state index >= 15 is 0 Å². The lowest BCUT2D eigenvalue weighted by molar-refractivity contribution is -0.384. The van der Waals surface area contributed by atoms with E-state index in [0.29, 0.717) is 16.7 Å².